The lowest BCUT2D eigenvalue weighted by atomic mass is 10.1. The molecular weight excluding hydrogens is 420 g/mol. The minimum absolute atomic E-state index is 0.0302. The Kier molecular flexibility index (Phi) is 6.14. The summed E-state index contributed by atoms with van der Waals surface area (Å²) >= 11 is 1.52. The average Bonchev–Trinajstić information content (AvgIpc) is 3.51. The Morgan fingerprint density at radius 3 is 2.62 bits per heavy atom. The third-order valence-electron chi connectivity index (χ3n) is 5.55. The number of aromatic nitrogens is 1. The molecule has 5 nitrogen and oxygen atoms in total. The maximum atomic E-state index is 13.3. The summed E-state index contributed by atoms with van der Waals surface area (Å²) < 4.78 is 12.9. The Labute approximate surface area is 191 Å². The molecule has 0 saturated carbocycles. The summed E-state index contributed by atoms with van der Waals surface area (Å²) in [6, 6.07) is 25.8. The standard InChI is InChI=1S/C26H24N2O3S/c29-25(18-31-23-14-6-4-12-21(23)19-9-2-1-3-10-19)28(17-20-11-8-16-30-20)26-27-22-13-5-7-15-24(22)32-26/h1-7,9-10,12-15,20H,8,11,16-18H2. The van der Waals surface area contributed by atoms with Gasteiger partial charge >= 0.3 is 0 Å². The molecular formula is C26H24N2O3S. The van der Waals surface area contributed by atoms with Gasteiger partial charge in [0.25, 0.3) is 5.91 Å². The van der Waals surface area contributed by atoms with E-state index in [4.69, 9.17) is 14.5 Å². The van der Waals surface area contributed by atoms with Crippen LogP contribution in [0.5, 0.6) is 5.75 Å². The molecule has 1 unspecified atom stereocenters. The molecule has 0 bridgehead atoms. The zero-order valence-corrected chi connectivity index (χ0v) is 18.5. The smallest absolute Gasteiger partial charge is 0.266 e. The first-order valence-corrected chi connectivity index (χ1v) is 11.6. The lowest BCUT2D eigenvalue weighted by molar-refractivity contribution is -0.120. The Morgan fingerprint density at radius 1 is 1.03 bits per heavy atom. The fraction of sp³-hybridized carbons (Fsp3) is 0.231. The number of rotatable bonds is 7. The fourth-order valence-electron chi connectivity index (χ4n) is 3.92. The van der Waals surface area contributed by atoms with E-state index in [9.17, 15) is 4.79 Å². The minimum atomic E-state index is -0.123. The first-order chi connectivity index (χ1) is 15.8. The number of thiazole rings is 1. The molecule has 0 spiro atoms. The average molecular weight is 445 g/mol. The highest BCUT2D eigenvalue weighted by molar-refractivity contribution is 7.22. The normalized spacial score (nSPS) is 15.7. The molecule has 3 aromatic carbocycles. The van der Waals surface area contributed by atoms with E-state index >= 15 is 0 Å². The van der Waals surface area contributed by atoms with Gasteiger partial charge in [0.15, 0.2) is 11.7 Å². The summed E-state index contributed by atoms with van der Waals surface area (Å²) in [5.41, 5.74) is 2.91. The predicted octanol–water partition coefficient (Wildman–Crippen LogP) is 5.55. The number of amides is 1. The fourth-order valence-corrected chi connectivity index (χ4v) is 4.91. The molecule has 1 atom stereocenters. The van der Waals surface area contributed by atoms with Crippen LogP contribution in [0.2, 0.25) is 0 Å². The quantitative estimate of drug-likeness (QED) is 0.375. The van der Waals surface area contributed by atoms with Gasteiger partial charge in [-0.15, -0.1) is 0 Å². The van der Waals surface area contributed by atoms with Gasteiger partial charge in [-0.1, -0.05) is 72.0 Å². The lowest BCUT2D eigenvalue weighted by Gasteiger charge is -2.23. The molecule has 0 radical (unpaired) electrons. The number of nitrogens with zero attached hydrogens (tertiary/aromatic N) is 2. The van der Waals surface area contributed by atoms with Crippen LogP contribution in [-0.2, 0) is 9.53 Å². The summed E-state index contributed by atoms with van der Waals surface area (Å²) in [6.07, 6.45) is 2.00. The van der Waals surface area contributed by atoms with Gasteiger partial charge in [-0.2, -0.15) is 0 Å². The van der Waals surface area contributed by atoms with Crippen molar-refractivity contribution in [3.8, 4) is 16.9 Å². The first-order valence-electron chi connectivity index (χ1n) is 10.8. The summed E-state index contributed by atoms with van der Waals surface area (Å²) in [5.74, 6) is 0.566. The SMILES string of the molecule is O=C(COc1ccccc1-c1ccccc1)N(CC1CCCO1)c1nc2ccccc2s1. The Balaban J connectivity index is 1.37. The second-order valence-electron chi connectivity index (χ2n) is 7.75. The molecule has 32 heavy (non-hydrogen) atoms. The van der Waals surface area contributed by atoms with E-state index in [2.05, 4.69) is 0 Å². The molecule has 1 fully saturated rings. The van der Waals surface area contributed by atoms with Crippen molar-refractivity contribution in [3.05, 3.63) is 78.9 Å². The predicted molar refractivity (Wildman–Crippen MR) is 128 cm³/mol. The molecule has 2 heterocycles. The van der Waals surface area contributed by atoms with Crippen LogP contribution in [-0.4, -0.2) is 36.8 Å². The van der Waals surface area contributed by atoms with Crippen molar-refractivity contribution < 1.29 is 14.3 Å². The van der Waals surface area contributed by atoms with Crippen molar-refractivity contribution in [2.24, 2.45) is 0 Å². The number of ether oxygens (including phenoxy) is 2. The third kappa shape index (κ3) is 4.52. The van der Waals surface area contributed by atoms with Crippen molar-refractivity contribution in [1.29, 1.82) is 0 Å². The van der Waals surface area contributed by atoms with Gasteiger partial charge < -0.3 is 9.47 Å². The number of hydrogen-bond donors (Lipinski definition) is 0. The maximum absolute atomic E-state index is 13.3. The van der Waals surface area contributed by atoms with Crippen molar-refractivity contribution >= 4 is 32.6 Å². The number of carbonyl (C=O) groups is 1. The van der Waals surface area contributed by atoms with Crippen LogP contribution in [0.3, 0.4) is 0 Å². The Bertz CT molecular complexity index is 1170. The van der Waals surface area contributed by atoms with E-state index in [0.29, 0.717) is 17.4 Å². The van der Waals surface area contributed by atoms with Gasteiger partial charge in [-0.05, 0) is 36.6 Å². The van der Waals surface area contributed by atoms with Gasteiger partial charge in [0, 0.05) is 12.2 Å². The van der Waals surface area contributed by atoms with Crippen molar-refractivity contribution in [3.63, 3.8) is 0 Å². The third-order valence-corrected chi connectivity index (χ3v) is 6.61. The van der Waals surface area contributed by atoms with Crippen LogP contribution in [0.15, 0.2) is 78.9 Å². The van der Waals surface area contributed by atoms with Gasteiger partial charge in [0.2, 0.25) is 0 Å². The van der Waals surface area contributed by atoms with E-state index in [0.717, 1.165) is 40.8 Å². The van der Waals surface area contributed by atoms with E-state index in [1.807, 2.05) is 78.9 Å². The van der Waals surface area contributed by atoms with Gasteiger partial charge in [-0.25, -0.2) is 4.98 Å². The van der Waals surface area contributed by atoms with Crippen LogP contribution >= 0.6 is 11.3 Å². The highest BCUT2D eigenvalue weighted by atomic mass is 32.1. The van der Waals surface area contributed by atoms with Crippen LogP contribution < -0.4 is 9.64 Å². The Hall–Kier alpha value is -3.22. The summed E-state index contributed by atoms with van der Waals surface area (Å²) in [4.78, 5) is 19.8. The zero-order chi connectivity index (χ0) is 21.8. The largest absolute Gasteiger partial charge is 0.483 e. The molecule has 0 N–H and O–H groups in total. The van der Waals surface area contributed by atoms with Gasteiger partial charge in [0.05, 0.1) is 22.9 Å². The van der Waals surface area contributed by atoms with E-state index in [1.165, 1.54) is 11.3 Å². The van der Waals surface area contributed by atoms with Crippen LogP contribution in [0.1, 0.15) is 12.8 Å². The molecule has 162 valence electrons. The molecule has 1 aromatic heterocycles. The number of fused-ring (bicyclic) bond motifs is 1. The van der Waals surface area contributed by atoms with Crippen molar-refractivity contribution in [1.82, 2.24) is 4.98 Å². The monoisotopic (exact) mass is 444 g/mol. The van der Waals surface area contributed by atoms with Crippen LogP contribution in [0, 0.1) is 0 Å². The summed E-state index contributed by atoms with van der Waals surface area (Å²) in [7, 11) is 0. The van der Waals surface area contributed by atoms with Crippen molar-refractivity contribution in [2.45, 2.75) is 18.9 Å². The number of hydrogen-bond acceptors (Lipinski definition) is 5. The molecule has 5 rings (SSSR count). The zero-order valence-electron chi connectivity index (χ0n) is 17.6. The van der Waals surface area contributed by atoms with Gasteiger partial charge in [0.1, 0.15) is 5.75 Å². The second-order valence-corrected chi connectivity index (χ2v) is 8.76. The first kappa shape index (κ1) is 20.7. The second kappa shape index (κ2) is 9.51. The topological polar surface area (TPSA) is 51.7 Å². The van der Waals surface area contributed by atoms with Crippen LogP contribution in [0.25, 0.3) is 21.3 Å². The molecule has 1 aliphatic heterocycles. The molecule has 1 aliphatic rings. The molecule has 1 saturated heterocycles. The number of carbonyl (C=O) groups excluding carboxylic acids is 1. The number of para-hydroxylation sites is 2. The number of anilines is 1. The molecule has 4 aromatic rings. The van der Waals surface area contributed by atoms with E-state index in [-0.39, 0.29) is 18.6 Å². The minimum Gasteiger partial charge on any atom is -0.483 e. The van der Waals surface area contributed by atoms with Crippen molar-refractivity contribution in [2.75, 3.05) is 24.7 Å². The van der Waals surface area contributed by atoms with E-state index < -0.39 is 0 Å². The highest BCUT2D eigenvalue weighted by Crippen LogP contribution is 2.31. The maximum Gasteiger partial charge on any atom is 0.266 e. The number of benzene rings is 3. The van der Waals surface area contributed by atoms with E-state index in [1.54, 1.807) is 4.90 Å². The lowest BCUT2D eigenvalue weighted by Crippen LogP contribution is -2.40. The van der Waals surface area contributed by atoms with Gasteiger partial charge in [-0.3, -0.25) is 9.69 Å². The molecule has 0 aliphatic carbocycles. The summed E-state index contributed by atoms with van der Waals surface area (Å²) in [6.45, 7) is 1.17. The highest BCUT2D eigenvalue weighted by Gasteiger charge is 2.26. The molecule has 1 amide bonds. The molecule has 6 heteroatoms. The van der Waals surface area contributed by atoms with Crippen LogP contribution in [0.4, 0.5) is 5.13 Å². The summed E-state index contributed by atoms with van der Waals surface area (Å²) in [5, 5.41) is 0.687. The Morgan fingerprint density at radius 2 is 1.81 bits per heavy atom.